The van der Waals surface area contributed by atoms with Crippen LogP contribution in [0, 0.1) is 12.8 Å². The normalized spacial score (nSPS) is 15.8. The van der Waals surface area contributed by atoms with Gasteiger partial charge in [-0.3, -0.25) is 9.59 Å². The lowest BCUT2D eigenvalue weighted by Gasteiger charge is -2.30. The first kappa shape index (κ1) is 15.5. The van der Waals surface area contributed by atoms with Crippen LogP contribution in [0.1, 0.15) is 35.8 Å². The van der Waals surface area contributed by atoms with Gasteiger partial charge in [-0.25, -0.2) is 9.50 Å². The quantitative estimate of drug-likeness (QED) is 0.801. The number of ether oxygens (including phenoxy) is 1. The van der Waals surface area contributed by atoms with Gasteiger partial charge in [0.05, 0.1) is 18.2 Å². The molecule has 0 saturated carbocycles. The predicted octanol–water partition coefficient (Wildman–Crippen LogP) is 1.45. The van der Waals surface area contributed by atoms with Crippen molar-refractivity contribution in [2.24, 2.45) is 5.92 Å². The Morgan fingerprint density at radius 2 is 2.09 bits per heavy atom. The van der Waals surface area contributed by atoms with Crippen molar-refractivity contribution in [3.05, 3.63) is 29.7 Å². The van der Waals surface area contributed by atoms with Crippen molar-refractivity contribution in [3.63, 3.8) is 0 Å². The summed E-state index contributed by atoms with van der Waals surface area (Å²) in [6, 6.07) is 1.78. The molecule has 1 aliphatic rings. The third-order valence-corrected chi connectivity index (χ3v) is 4.19. The van der Waals surface area contributed by atoms with Gasteiger partial charge in [-0.05, 0) is 32.8 Å². The topological polar surface area (TPSA) is 76.8 Å². The van der Waals surface area contributed by atoms with E-state index in [1.54, 1.807) is 34.8 Å². The van der Waals surface area contributed by atoms with Gasteiger partial charge in [0, 0.05) is 25.5 Å². The Balaban J connectivity index is 1.74. The van der Waals surface area contributed by atoms with E-state index in [0.717, 1.165) is 0 Å². The average molecular weight is 316 g/mol. The molecule has 2 aromatic heterocycles. The van der Waals surface area contributed by atoms with Crippen molar-refractivity contribution in [2.75, 3.05) is 19.7 Å². The maximum atomic E-state index is 12.8. The van der Waals surface area contributed by atoms with E-state index in [-0.39, 0.29) is 17.8 Å². The molecule has 0 bridgehead atoms. The first-order valence-corrected chi connectivity index (χ1v) is 7.87. The van der Waals surface area contributed by atoms with Crippen LogP contribution >= 0.6 is 0 Å². The van der Waals surface area contributed by atoms with Crippen molar-refractivity contribution in [1.82, 2.24) is 19.5 Å². The maximum Gasteiger partial charge on any atom is 0.309 e. The van der Waals surface area contributed by atoms with Gasteiger partial charge < -0.3 is 9.64 Å². The van der Waals surface area contributed by atoms with Crippen LogP contribution in [0.2, 0.25) is 0 Å². The van der Waals surface area contributed by atoms with Gasteiger partial charge in [0.2, 0.25) is 0 Å². The number of aryl methyl sites for hydroxylation is 1. The lowest BCUT2D eigenvalue weighted by molar-refractivity contribution is -0.149. The van der Waals surface area contributed by atoms with Gasteiger partial charge in [0.1, 0.15) is 5.56 Å². The molecule has 0 atom stereocenters. The summed E-state index contributed by atoms with van der Waals surface area (Å²) in [6.07, 6.45) is 4.70. The monoisotopic (exact) mass is 316 g/mol. The molecule has 0 aromatic carbocycles. The molecule has 7 heteroatoms. The van der Waals surface area contributed by atoms with Crippen LogP contribution in [0.5, 0.6) is 0 Å². The second-order valence-corrected chi connectivity index (χ2v) is 5.67. The maximum absolute atomic E-state index is 12.8. The number of fused-ring (bicyclic) bond motifs is 1. The van der Waals surface area contributed by atoms with Gasteiger partial charge >= 0.3 is 5.97 Å². The smallest absolute Gasteiger partial charge is 0.309 e. The molecule has 7 nitrogen and oxygen atoms in total. The summed E-state index contributed by atoms with van der Waals surface area (Å²) in [6.45, 7) is 5.11. The zero-order valence-corrected chi connectivity index (χ0v) is 13.4. The SMILES string of the molecule is CCOC(=O)C1CCN(C(=O)c2c(C)nn3cccnc23)CC1. The molecule has 3 heterocycles. The zero-order valence-electron chi connectivity index (χ0n) is 13.4. The number of hydrogen-bond acceptors (Lipinski definition) is 5. The summed E-state index contributed by atoms with van der Waals surface area (Å²) in [5, 5.41) is 4.33. The molecule has 1 saturated heterocycles. The Bertz CT molecular complexity index is 732. The Kier molecular flexibility index (Phi) is 4.27. The number of nitrogens with zero attached hydrogens (tertiary/aromatic N) is 4. The molecule has 1 amide bonds. The lowest BCUT2D eigenvalue weighted by Crippen LogP contribution is -2.40. The molecule has 0 aliphatic carbocycles. The summed E-state index contributed by atoms with van der Waals surface area (Å²) in [5.41, 5.74) is 1.78. The average Bonchev–Trinajstić information content (AvgIpc) is 2.90. The molecule has 0 radical (unpaired) electrons. The number of rotatable bonds is 3. The van der Waals surface area contributed by atoms with E-state index < -0.39 is 0 Å². The van der Waals surface area contributed by atoms with E-state index in [0.29, 0.717) is 49.4 Å². The molecule has 3 rings (SSSR count). The minimum atomic E-state index is -0.159. The second kappa shape index (κ2) is 6.36. The van der Waals surface area contributed by atoms with Crippen LogP contribution in [-0.4, -0.2) is 51.1 Å². The largest absolute Gasteiger partial charge is 0.466 e. The van der Waals surface area contributed by atoms with Crippen LogP contribution < -0.4 is 0 Å². The Labute approximate surface area is 134 Å². The Hall–Kier alpha value is -2.44. The van der Waals surface area contributed by atoms with Crippen molar-refractivity contribution >= 4 is 17.5 Å². The number of likely N-dealkylation sites (tertiary alicyclic amines) is 1. The molecular formula is C16H20N4O3. The highest BCUT2D eigenvalue weighted by Crippen LogP contribution is 2.22. The number of amides is 1. The van der Waals surface area contributed by atoms with E-state index in [1.807, 2.05) is 6.92 Å². The number of esters is 1. The van der Waals surface area contributed by atoms with E-state index in [1.165, 1.54) is 0 Å². The van der Waals surface area contributed by atoms with Crippen molar-refractivity contribution in [3.8, 4) is 0 Å². The fourth-order valence-corrected chi connectivity index (χ4v) is 2.98. The van der Waals surface area contributed by atoms with E-state index in [4.69, 9.17) is 4.74 Å². The molecule has 23 heavy (non-hydrogen) atoms. The summed E-state index contributed by atoms with van der Waals surface area (Å²) in [4.78, 5) is 30.6. The molecule has 1 fully saturated rings. The molecule has 1 aliphatic heterocycles. The zero-order chi connectivity index (χ0) is 16.4. The number of carbonyl (C=O) groups is 2. The van der Waals surface area contributed by atoms with Gasteiger partial charge in [-0.2, -0.15) is 5.10 Å². The van der Waals surface area contributed by atoms with Gasteiger partial charge in [0.25, 0.3) is 5.91 Å². The molecule has 0 spiro atoms. The highest BCUT2D eigenvalue weighted by atomic mass is 16.5. The van der Waals surface area contributed by atoms with E-state index in [2.05, 4.69) is 10.1 Å². The minimum Gasteiger partial charge on any atom is -0.466 e. The number of carbonyl (C=O) groups excluding carboxylic acids is 2. The summed E-state index contributed by atoms with van der Waals surface area (Å²) in [5.74, 6) is -0.339. The third-order valence-electron chi connectivity index (χ3n) is 4.19. The molecule has 122 valence electrons. The highest BCUT2D eigenvalue weighted by molar-refractivity contribution is 6.01. The summed E-state index contributed by atoms with van der Waals surface area (Å²) >= 11 is 0. The molecular weight excluding hydrogens is 296 g/mol. The highest BCUT2D eigenvalue weighted by Gasteiger charge is 2.30. The van der Waals surface area contributed by atoms with Crippen LogP contribution in [0.25, 0.3) is 5.65 Å². The van der Waals surface area contributed by atoms with Crippen LogP contribution in [0.3, 0.4) is 0 Å². The first-order valence-electron chi connectivity index (χ1n) is 7.87. The van der Waals surface area contributed by atoms with E-state index >= 15 is 0 Å². The van der Waals surface area contributed by atoms with Crippen molar-refractivity contribution in [1.29, 1.82) is 0 Å². The van der Waals surface area contributed by atoms with Gasteiger partial charge in [-0.15, -0.1) is 0 Å². The lowest BCUT2D eigenvalue weighted by atomic mass is 9.96. The van der Waals surface area contributed by atoms with Crippen molar-refractivity contribution in [2.45, 2.75) is 26.7 Å². The van der Waals surface area contributed by atoms with Crippen LogP contribution in [-0.2, 0) is 9.53 Å². The minimum absolute atomic E-state index is 0.0708. The molecule has 2 aromatic rings. The van der Waals surface area contributed by atoms with E-state index in [9.17, 15) is 9.59 Å². The van der Waals surface area contributed by atoms with Crippen LogP contribution in [0.15, 0.2) is 18.5 Å². The number of aromatic nitrogens is 3. The van der Waals surface area contributed by atoms with Gasteiger partial charge in [-0.1, -0.05) is 0 Å². The van der Waals surface area contributed by atoms with Crippen LogP contribution in [0.4, 0.5) is 0 Å². The summed E-state index contributed by atoms with van der Waals surface area (Å²) < 4.78 is 6.68. The molecule has 0 unspecified atom stereocenters. The predicted molar refractivity (Wildman–Crippen MR) is 83.0 cm³/mol. The number of piperidine rings is 1. The Morgan fingerprint density at radius 3 is 2.78 bits per heavy atom. The summed E-state index contributed by atoms with van der Waals surface area (Å²) in [7, 11) is 0. The standard InChI is InChI=1S/C16H20N4O3/c1-3-23-16(22)12-5-9-19(10-6-12)15(21)13-11(2)18-20-8-4-7-17-14(13)20/h4,7-8,12H,3,5-6,9-10H2,1-2H3. The fraction of sp³-hybridized carbons (Fsp3) is 0.500. The van der Waals surface area contributed by atoms with Gasteiger partial charge in [0.15, 0.2) is 5.65 Å². The third kappa shape index (κ3) is 2.91. The Morgan fingerprint density at radius 1 is 1.35 bits per heavy atom. The first-order chi connectivity index (χ1) is 11.1. The molecule has 0 N–H and O–H groups in total. The second-order valence-electron chi connectivity index (χ2n) is 5.67. The fourth-order valence-electron chi connectivity index (χ4n) is 2.98. The van der Waals surface area contributed by atoms with Crippen molar-refractivity contribution < 1.29 is 14.3 Å². The number of hydrogen-bond donors (Lipinski definition) is 0.